The van der Waals surface area contributed by atoms with Crippen LogP contribution in [0.25, 0.3) is 0 Å². The van der Waals surface area contributed by atoms with Gasteiger partial charge in [-0.25, -0.2) is 22.2 Å². The van der Waals surface area contributed by atoms with Crippen LogP contribution in [0.3, 0.4) is 0 Å². The summed E-state index contributed by atoms with van der Waals surface area (Å²) in [7, 11) is -3.83. The van der Waals surface area contributed by atoms with E-state index in [0.29, 0.717) is 10.9 Å². The fraction of sp³-hybridized carbons (Fsp3) is 0.250. The molecule has 0 aliphatic carbocycles. The van der Waals surface area contributed by atoms with Crippen LogP contribution in [0.15, 0.2) is 28.9 Å². The number of pyridine rings is 1. The molecule has 1 atom stereocenters. The Morgan fingerprint density at radius 2 is 2.11 bits per heavy atom. The molecule has 0 bridgehead atoms. The molecule has 1 heterocycles. The van der Waals surface area contributed by atoms with Crippen molar-refractivity contribution in [3.05, 3.63) is 51.6 Å². The van der Waals surface area contributed by atoms with Crippen molar-refractivity contribution >= 4 is 43.2 Å². The van der Waals surface area contributed by atoms with E-state index in [1.54, 1.807) is 6.92 Å². The van der Waals surface area contributed by atoms with Crippen LogP contribution in [-0.2, 0) is 10.0 Å². The molecule has 1 unspecified atom stereocenters. The first-order chi connectivity index (χ1) is 12.6. The van der Waals surface area contributed by atoms with Crippen molar-refractivity contribution in [1.29, 1.82) is 5.41 Å². The first-order valence-corrected chi connectivity index (χ1v) is 10.2. The van der Waals surface area contributed by atoms with Gasteiger partial charge in [-0.05, 0) is 40.5 Å². The minimum absolute atomic E-state index is 0.0207. The lowest BCUT2D eigenvalue weighted by molar-refractivity contribution is 0.235. The van der Waals surface area contributed by atoms with Crippen LogP contribution in [-0.4, -0.2) is 30.0 Å². The molecule has 27 heavy (non-hydrogen) atoms. The number of rotatable bonds is 7. The fourth-order valence-corrected chi connectivity index (χ4v) is 3.81. The number of halogens is 3. The first-order valence-electron chi connectivity index (χ1n) is 7.73. The number of aliphatic hydroxyl groups excluding tert-OH is 1. The van der Waals surface area contributed by atoms with Gasteiger partial charge >= 0.3 is 0 Å². The van der Waals surface area contributed by atoms with Crippen LogP contribution in [0.4, 0.5) is 20.3 Å². The van der Waals surface area contributed by atoms with Crippen LogP contribution in [0.1, 0.15) is 30.6 Å². The van der Waals surface area contributed by atoms with Gasteiger partial charge in [0.25, 0.3) is 0 Å². The van der Waals surface area contributed by atoms with Crippen molar-refractivity contribution in [2.75, 3.05) is 16.2 Å². The molecule has 5 N–H and O–H groups in total. The highest BCUT2D eigenvalue weighted by Crippen LogP contribution is 2.30. The maximum atomic E-state index is 14.7. The van der Waals surface area contributed by atoms with Gasteiger partial charge in [-0.3, -0.25) is 4.72 Å². The molecule has 11 heteroatoms. The van der Waals surface area contributed by atoms with Gasteiger partial charge in [0.15, 0.2) is 5.82 Å². The number of nitrogens with zero attached hydrogens (tertiary/aromatic N) is 1. The quantitative estimate of drug-likeness (QED) is 0.470. The van der Waals surface area contributed by atoms with E-state index in [-0.39, 0.29) is 17.1 Å². The SMILES string of the molecule is CCCS(=O)(=O)Nc1ccc(F)c(C(O)C(=N)c2cc(Br)cnc2N)c1F. The highest BCUT2D eigenvalue weighted by atomic mass is 79.9. The molecule has 0 fully saturated rings. The van der Waals surface area contributed by atoms with E-state index in [9.17, 15) is 22.3 Å². The van der Waals surface area contributed by atoms with E-state index >= 15 is 0 Å². The molecular weight excluding hydrogens is 446 g/mol. The zero-order chi connectivity index (χ0) is 20.4. The molecule has 0 amide bonds. The summed E-state index contributed by atoms with van der Waals surface area (Å²) in [6, 6.07) is 3.09. The van der Waals surface area contributed by atoms with E-state index < -0.39 is 44.7 Å². The van der Waals surface area contributed by atoms with Crippen molar-refractivity contribution in [3.8, 4) is 0 Å². The topological polar surface area (TPSA) is 129 Å². The largest absolute Gasteiger partial charge is 0.383 e. The lowest BCUT2D eigenvalue weighted by Gasteiger charge is -2.18. The summed E-state index contributed by atoms with van der Waals surface area (Å²) in [5, 5.41) is 18.4. The van der Waals surface area contributed by atoms with Crippen molar-refractivity contribution in [1.82, 2.24) is 4.98 Å². The van der Waals surface area contributed by atoms with Gasteiger partial charge in [0.1, 0.15) is 17.7 Å². The first kappa shape index (κ1) is 21.2. The van der Waals surface area contributed by atoms with E-state index in [2.05, 4.69) is 20.9 Å². The smallest absolute Gasteiger partial charge is 0.232 e. The van der Waals surface area contributed by atoms with Gasteiger partial charge in [0.2, 0.25) is 10.0 Å². The maximum absolute atomic E-state index is 14.7. The number of sulfonamides is 1. The summed E-state index contributed by atoms with van der Waals surface area (Å²) < 4.78 is 55.1. The second-order valence-corrected chi connectivity index (χ2v) is 8.40. The number of benzene rings is 1. The molecule has 2 aromatic rings. The number of nitrogens with two attached hydrogens (primary N) is 1. The van der Waals surface area contributed by atoms with Crippen LogP contribution in [0.5, 0.6) is 0 Å². The monoisotopic (exact) mass is 462 g/mol. The molecule has 0 saturated heterocycles. The third kappa shape index (κ3) is 4.79. The molecule has 1 aromatic carbocycles. The number of nitrogens with one attached hydrogen (secondary N) is 2. The van der Waals surface area contributed by atoms with Gasteiger partial charge in [-0.15, -0.1) is 0 Å². The lowest BCUT2D eigenvalue weighted by Crippen LogP contribution is -2.21. The van der Waals surface area contributed by atoms with Crippen LogP contribution in [0.2, 0.25) is 0 Å². The van der Waals surface area contributed by atoms with Crippen molar-refractivity contribution in [3.63, 3.8) is 0 Å². The summed E-state index contributed by atoms with van der Waals surface area (Å²) in [4.78, 5) is 3.81. The molecule has 7 nitrogen and oxygen atoms in total. The van der Waals surface area contributed by atoms with E-state index in [1.807, 2.05) is 4.72 Å². The molecular formula is C16H17BrF2N4O3S. The summed E-state index contributed by atoms with van der Waals surface area (Å²) >= 11 is 3.14. The predicted octanol–water partition coefficient (Wildman–Crippen LogP) is 2.96. The van der Waals surface area contributed by atoms with Crippen LogP contribution < -0.4 is 10.5 Å². The normalized spacial score (nSPS) is 12.6. The highest BCUT2D eigenvalue weighted by molar-refractivity contribution is 9.10. The third-order valence-corrected chi connectivity index (χ3v) is 5.50. The molecule has 2 rings (SSSR count). The number of anilines is 2. The fourth-order valence-electron chi connectivity index (χ4n) is 2.34. The Morgan fingerprint density at radius 1 is 1.44 bits per heavy atom. The van der Waals surface area contributed by atoms with Gasteiger partial charge in [0.05, 0.1) is 22.7 Å². The predicted molar refractivity (Wildman–Crippen MR) is 102 cm³/mol. The van der Waals surface area contributed by atoms with Gasteiger partial charge in [0, 0.05) is 16.2 Å². The zero-order valence-electron chi connectivity index (χ0n) is 14.1. The van der Waals surface area contributed by atoms with Gasteiger partial charge < -0.3 is 16.2 Å². The van der Waals surface area contributed by atoms with E-state index in [4.69, 9.17) is 11.1 Å². The molecule has 0 spiro atoms. The summed E-state index contributed by atoms with van der Waals surface area (Å²) in [5.74, 6) is -2.81. The van der Waals surface area contributed by atoms with Crippen molar-refractivity contribution < 1.29 is 22.3 Å². The van der Waals surface area contributed by atoms with Gasteiger partial charge in [-0.1, -0.05) is 6.92 Å². The molecule has 0 aliphatic rings. The molecule has 0 aliphatic heterocycles. The number of hydrogen-bond donors (Lipinski definition) is 4. The second-order valence-electron chi connectivity index (χ2n) is 5.65. The number of nitrogen functional groups attached to an aromatic ring is 1. The molecule has 0 radical (unpaired) electrons. The molecule has 0 saturated carbocycles. The Balaban J connectivity index is 2.47. The minimum atomic E-state index is -3.83. The third-order valence-electron chi connectivity index (χ3n) is 3.59. The van der Waals surface area contributed by atoms with Crippen LogP contribution in [0, 0.1) is 17.0 Å². The Bertz CT molecular complexity index is 986. The van der Waals surface area contributed by atoms with Crippen LogP contribution >= 0.6 is 15.9 Å². The average molecular weight is 463 g/mol. The van der Waals surface area contributed by atoms with Crippen molar-refractivity contribution in [2.24, 2.45) is 0 Å². The highest BCUT2D eigenvalue weighted by Gasteiger charge is 2.27. The second kappa shape index (κ2) is 8.28. The summed E-state index contributed by atoms with van der Waals surface area (Å²) in [6.45, 7) is 1.63. The van der Waals surface area contributed by atoms with Crippen molar-refractivity contribution in [2.45, 2.75) is 19.4 Å². The summed E-state index contributed by atoms with van der Waals surface area (Å²) in [5.41, 5.74) is 3.67. The maximum Gasteiger partial charge on any atom is 0.232 e. The Kier molecular flexibility index (Phi) is 6.50. The zero-order valence-corrected chi connectivity index (χ0v) is 16.5. The summed E-state index contributed by atoms with van der Waals surface area (Å²) in [6.07, 6.45) is -0.366. The number of aromatic nitrogens is 1. The molecule has 1 aromatic heterocycles. The molecule has 146 valence electrons. The average Bonchev–Trinajstić information content (AvgIpc) is 2.58. The Labute approximate surface area is 163 Å². The van der Waals surface area contributed by atoms with E-state index in [1.165, 1.54) is 12.3 Å². The minimum Gasteiger partial charge on any atom is -0.383 e. The Morgan fingerprint density at radius 3 is 2.74 bits per heavy atom. The standard InChI is InChI=1S/C16H17BrF2N4O3S/c1-2-5-27(25,26)23-11-4-3-10(18)12(13(11)19)15(24)14(20)9-6-8(17)7-22-16(9)21/h3-4,6-7,15,20,23-24H,2,5H2,1H3,(H2,21,22). The lowest BCUT2D eigenvalue weighted by atomic mass is 9.98. The van der Waals surface area contributed by atoms with Gasteiger partial charge in [-0.2, -0.15) is 0 Å². The van der Waals surface area contributed by atoms with E-state index in [0.717, 1.165) is 12.1 Å². The number of aliphatic hydroxyl groups is 1. The Hall–Kier alpha value is -2.11. The number of hydrogen-bond acceptors (Lipinski definition) is 6.